The molecule has 1 atom stereocenters. The average molecular weight is 356 g/mol. The maximum absolute atomic E-state index is 12.0. The van der Waals surface area contributed by atoms with Crippen LogP contribution in [0.15, 0.2) is 34.8 Å². The highest BCUT2D eigenvalue weighted by Crippen LogP contribution is 2.37. The normalized spacial score (nSPS) is 18.9. The Hall–Kier alpha value is -0.870. The monoisotopic (exact) mass is 354 g/mol. The van der Waals surface area contributed by atoms with Crippen LogP contribution in [0.3, 0.4) is 0 Å². The van der Waals surface area contributed by atoms with Gasteiger partial charge in [-0.2, -0.15) is 0 Å². The van der Waals surface area contributed by atoms with Gasteiger partial charge in [-0.3, -0.25) is 4.79 Å². The molecule has 3 rings (SSSR count). The zero-order chi connectivity index (χ0) is 12.0. The number of carbonyl (C=O) groups is 1. The molecule has 1 aliphatic rings. The number of ether oxygens (including phenoxy) is 1. The van der Waals surface area contributed by atoms with E-state index in [1.165, 1.54) is 0 Å². The summed E-state index contributed by atoms with van der Waals surface area (Å²) in [5.41, 5.74) is 0.656. The second-order valence-electron chi connectivity index (χ2n) is 3.92. The lowest BCUT2D eigenvalue weighted by molar-refractivity contribution is 0.0947. The summed E-state index contributed by atoms with van der Waals surface area (Å²) in [7, 11) is 0. The van der Waals surface area contributed by atoms with Crippen LogP contribution >= 0.6 is 31.9 Å². The predicted octanol–water partition coefficient (Wildman–Crippen LogP) is 3.94. The molecule has 0 aliphatic carbocycles. The SMILES string of the molecule is O=C1c2ccc3c(Br)cccc3c2OCC1Br. The van der Waals surface area contributed by atoms with E-state index in [0.717, 1.165) is 15.2 Å². The molecule has 2 aromatic carbocycles. The first-order chi connectivity index (χ1) is 8.18. The number of fused-ring (bicyclic) bond motifs is 3. The van der Waals surface area contributed by atoms with Crippen LogP contribution in [0.5, 0.6) is 5.75 Å². The van der Waals surface area contributed by atoms with Gasteiger partial charge >= 0.3 is 0 Å². The number of rotatable bonds is 0. The van der Waals surface area contributed by atoms with Crippen molar-refractivity contribution in [1.82, 2.24) is 0 Å². The van der Waals surface area contributed by atoms with Gasteiger partial charge in [0, 0.05) is 9.86 Å². The molecule has 17 heavy (non-hydrogen) atoms. The fourth-order valence-corrected chi connectivity index (χ4v) is 2.92. The van der Waals surface area contributed by atoms with E-state index in [2.05, 4.69) is 31.9 Å². The summed E-state index contributed by atoms with van der Waals surface area (Å²) in [4.78, 5) is 11.8. The van der Waals surface area contributed by atoms with Crippen molar-refractivity contribution in [2.75, 3.05) is 6.61 Å². The second kappa shape index (κ2) is 4.10. The van der Waals surface area contributed by atoms with Gasteiger partial charge in [0.2, 0.25) is 0 Å². The molecule has 1 unspecified atom stereocenters. The third-order valence-electron chi connectivity index (χ3n) is 2.88. The lowest BCUT2D eigenvalue weighted by atomic mass is 9.99. The van der Waals surface area contributed by atoms with Crippen LogP contribution in [0.1, 0.15) is 10.4 Å². The first-order valence-corrected chi connectivity index (χ1v) is 6.91. The van der Waals surface area contributed by atoms with E-state index in [9.17, 15) is 4.79 Å². The smallest absolute Gasteiger partial charge is 0.183 e. The molecule has 0 radical (unpaired) electrons. The van der Waals surface area contributed by atoms with E-state index in [1.807, 2.05) is 30.3 Å². The minimum Gasteiger partial charge on any atom is -0.491 e. The first-order valence-electron chi connectivity index (χ1n) is 5.21. The summed E-state index contributed by atoms with van der Waals surface area (Å²) in [6, 6.07) is 9.68. The van der Waals surface area contributed by atoms with E-state index in [-0.39, 0.29) is 10.6 Å². The zero-order valence-electron chi connectivity index (χ0n) is 8.74. The minimum absolute atomic E-state index is 0.0909. The van der Waals surface area contributed by atoms with Crippen molar-refractivity contribution in [2.45, 2.75) is 4.83 Å². The number of hydrogen-bond acceptors (Lipinski definition) is 2. The summed E-state index contributed by atoms with van der Waals surface area (Å²) in [6.07, 6.45) is 0. The third kappa shape index (κ3) is 1.70. The van der Waals surface area contributed by atoms with Crippen LogP contribution in [0, 0.1) is 0 Å². The standard InChI is InChI=1S/C13H8Br2O2/c14-10-3-1-2-8-7(10)4-5-9-12(16)11(15)6-17-13(8)9/h1-5,11H,6H2. The summed E-state index contributed by atoms with van der Waals surface area (Å²) < 4.78 is 6.69. The topological polar surface area (TPSA) is 26.3 Å². The van der Waals surface area contributed by atoms with Crippen molar-refractivity contribution in [1.29, 1.82) is 0 Å². The molecule has 0 saturated heterocycles. The Morgan fingerprint density at radius 2 is 2.00 bits per heavy atom. The van der Waals surface area contributed by atoms with Gasteiger partial charge in [0.15, 0.2) is 5.78 Å². The van der Waals surface area contributed by atoms with Crippen LogP contribution in [-0.4, -0.2) is 17.2 Å². The molecule has 0 aromatic heterocycles. The van der Waals surface area contributed by atoms with E-state index in [4.69, 9.17) is 4.74 Å². The van der Waals surface area contributed by atoms with Gasteiger partial charge in [0.05, 0.1) is 5.56 Å². The maximum Gasteiger partial charge on any atom is 0.183 e. The number of alkyl halides is 1. The number of halogens is 2. The number of hydrogen-bond donors (Lipinski definition) is 0. The quantitative estimate of drug-likeness (QED) is 0.669. The summed E-state index contributed by atoms with van der Waals surface area (Å²) in [6.45, 7) is 0.386. The fraction of sp³-hybridized carbons (Fsp3) is 0.154. The summed E-state index contributed by atoms with van der Waals surface area (Å²) in [5.74, 6) is 0.789. The lowest BCUT2D eigenvalue weighted by Crippen LogP contribution is -2.27. The molecular formula is C13H8Br2O2. The highest BCUT2D eigenvalue weighted by molar-refractivity contribution is 9.10. The molecule has 0 fully saturated rings. The molecule has 2 nitrogen and oxygen atoms in total. The summed E-state index contributed by atoms with van der Waals surface area (Å²) >= 11 is 6.82. The van der Waals surface area contributed by atoms with Crippen molar-refractivity contribution >= 4 is 48.4 Å². The van der Waals surface area contributed by atoms with Crippen molar-refractivity contribution in [3.8, 4) is 5.75 Å². The third-order valence-corrected chi connectivity index (χ3v) is 4.25. The van der Waals surface area contributed by atoms with Gasteiger partial charge in [-0.05, 0) is 17.5 Å². The van der Waals surface area contributed by atoms with Gasteiger partial charge in [-0.1, -0.05) is 50.1 Å². The van der Waals surface area contributed by atoms with E-state index in [1.54, 1.807) is 0 Å². The Bertz CT molecular complexity index is 622. The van der Waals surface area contributed by atoms with Crippen molar-refractivity contribution in [2.24, 2.45) is 0 Å². The Balaban J connectivity index is 2.34. The Kier molecular flexibility index (Phi) is 2.71. The van der Waals surface area contributed by atoms with Crippen LogP contribution in [-0.2, 0) is 0 Å². The van der Waals surface area contributed by atoms with Crippen LogP contribution in [0.4, 0.5) is 0 Å². The number of Topliss-reactive ketones (excluding diaryl/α,β-unsaturated/α-hetero) is 1. The summed E-state index contributed by atoms with van der Waals surface area (Å²) in [5, 5.41) is 2.04. The van der Waals surface area contributed by atoms with E-state index in [0.29, 0.717) is 17.9 Å². The molecule has 4 heteroatoms. The molecule has 86 valence electrons. The molecule has 0 N–H and O–H groups in total. The number of benzene rings is 2. The Labute approximate surface area is 115 Å². The average Bonchev–Trinajstić information content (AvgIpc) is 2.34. The molecule has 0 spiro atoms. The van der Waals surface area contributed by atoms with Gasteiger partial charge in [0.25, 0.3) is 0 Å². The minimum atomic E-state index is -0.236. The number of ketones is 1. The molecule has 0 bridgehead atoms. The molecule has 0 saturated carbocycles. The number of carbonyl (C=O) groups excluding carboxylic acids is 1. The van der Waals surface area contributed by atoms with Gasteiger partial charge in [-0.15, -0.1) is 0 Å². The Morgan fingerprint density at radius 3 is 2.82 bits per heavy atom. The van der Waals surface area contributed by atoms with Gasteiger partial charge in [-0.25, -0.2) is 0 Å². The highest BCUT2D eigenvalue weighted by Gasteiger charge is 2.28. The molecule has 2 aromatic rings. The zero-order valence-corrected chi connectivity index (χ0v) is 11.9. The predicted molar refractivity (Wildman–Crippen MR) is 74.2 cm³/mol. The van der Waals surface area contributed by atoms with Crippen molar-refractivity contribution in [3.05, 3.63) is 40.4 Å². The largest absolute Gasteiger partial charge is 0.491 e. The first kappa shape index (κ1) is 11.2. The van der Waals surface area contributed by atoms with Crippen LogP contribution < -0.4 is 4.74 Å². The van der Waals surface area contributed by atoms with Crippen molar-refractivity contribution in [3.63, 3.8) is 0 Å². The van der Waals surface area contributed by atoms with E-state index >= 15 is 0 Å². The maximum atomic E-state index is 12.0. The van der Waals surface area contributed by atoms with Gasteiger partial charge in [0.1, 0.15) is 17.2 Å². The highest BCUT2D eigenvalue weighted by atomic mass is 79.9. The fourth-order valence-electron chi connectivity index (χ4n) is 2.04. The molecule has 1 heterocycles. The van der Waals surface area contributed by atoms with Crippen LogP contribution in [0.25, 0.3) is 10.8 Å². The van der Waals surface area contributed by atoms with Gasteiger partial charge < -0.3 is 4.74 Å². The second-order valence-corrected chi connectivity index (χ2v) is 5.88. The molecular weight excluding hydrogens is 348 g/mol. The molecule has 1 aliphatic heterocycles. The molecule has 0 amide bonds. The van der Waals surface area contributed by atoms with Crippen molar-refractivity contribution < 1.29 is 9.53 Å². The van der Waals surface area contributed by atoms with E-state index < -0.39 is 0 Å². The van der Waals surface area contributed by atoms with Crippen LogP contribution in [0.2, 0.25) is 0 Å². The Morgan fingerprint density at radius 1 is 1.18 bits per heavy atom. The lowest BCUT2D eigenvalue weighted by Gasteiger charge is -2.22.